The van der Waals surface area contributed by atoms with Crippen LogP contribution in [0.5, 0.6) is 0 Å². The molecule has 0 bridgehead atoms. The first-order chi connectivity index (χ1) is 10.0. The van der Waals surface area contributed by atoms with Gasteiger partial charge < -0.3 is 4.90 Å². The van der Waals surface area contributed by atoms with Crippen LogP contribution >= 0.6 is 0 Å². The molecule has 4 nitrogen and oxygen atoms in total. The van der Waals surface area contributed by atoms with Gasteiger partial charge in [0.1, 0.15) is 12.4 Å². The predicted octanol–water partition coefficient (Wildman–Crippen LogP) is 2.73. The van der Waals surface area contributed by atoms with Crippen LogP contribution in [-0.2, 0) is 11.2 Å². The van der Waals surface area contributed by atoms with Crippen LogP contribution in [-0.4, -0.2) is 34.8 Å². The molecule has 0 saturated carbocycles. The van der Waals surface area contributed by atoms with Crippen LogP contribution in [0.25, 0.3) is 0 Å². The maximum Gasteiger partial charge on any atom is 0.327 e. The molecule has 1 aliphatic heterocycles. The summed E-state index contributed by atoms with van der Waals surface area (Å²) in [6.45, 7) is 4.52. The lowest BCUT2D eigenvalue weighted by Crippen LogP contribution is -2.41. The van der Waals surface area contributed by atoms with Gasteiger partial charge >= 0.3 is 6.03 Å². The zero-order valence-corrected chi connectivity index (χ0v) is 12.3. The Labute approximate surface area is 123 Å². The van der Waals surface area contributed by atoms with E-state index < -0.39 is 0 Å². The van der Waals surface area contributed by atoms with Crippen molar-refractivity contribution in [3.8, 4) is 0 Å². The van der Waals surface area contributed by atoms with Crippen LogP contribution < -0.4 is 0 Å². The summed E-state index contributed by atoms with van der Waals surface area (Å²) in [7, 11) is 0. The fraction of sp³-hybridized carbons (Fsp3) is 0.500. The van der Waals surface area contributed by atoms with Crippen LogP contribution in [0, 0.1) is 11.7 Å². The minimum absolute atomic E-state index is 0.128. The average molecular weight is 290 g/mol. The predicted molar refractivity (Wildman–Crippen MR) is 76.1 cm³/mol. The van der Waals surface area contributed by atoms with Crippen molar-refractivity contribution in [2.24, 2.45) is 5.92 Å². The standard InChI is InChI=1S/C16H19FN2O2/c1-3-18-9-14(20)19(16(18)21)15-10(2)7-8-11-12(15)5-4-6-13(11)17/h4-6,10,15H,3,7-9H2,1-2H3/t10-,15+/m1/s1. The largest absolute Gasteiger partial charge is 0.327 e. The topological polar surface area (TPSA) is 40.6 Å². The van der Waals surface area contributed by atoms with Gasteiger partial charge in [0.2, 0.25) is 0 Å². The first kappa shape index (κ1) is 14.0. The molecule has 0 aromatic heterocycles. The zero-order chi connectivity index (χ0) is 15.1. The Morgan fingerprint density at radius 2 is 2.10 bits per heavy atom. The van der Waals surface area contributed by atoms with Gasteiger partial charge in [-0.25, -0.2) is 9.18 Å². The van der Waals surface area contributed by atoms with E-state index >= 15 is 0 Å². The number of halogens is 1. The maximum atomic E-state index is 14.0. The maximum absolute atomic E-state index is 14.0. The summed E-state index contributed by atoms with van der Waals surface area (Å²) in [6.07, 6.45) is 1.44. The van der Waals surface area contributed by atoms with Crippen LogP contribution in [0.15, 0.2) is 18.2 Å². The molecule has 1 fully saturated rings. The molecule has 0 unspecified atom stereocenters. The molecule has 1 aromatic rings. The van der Waals surface area contributed by atoms with Crippen molar-refractivity contribution < 1.29 is 14.0 Å². The lowest BCUT2D eigenvalue weighted by Gasteiger charge is -2.36. The second-order valence-corrected chi connectivity index (χ2v) is 5.83. The summed E-state index contributed by atoms with van der Waals surface area (Å²) < 4.78 is 14.0. The molecule has 112 valence electrons. The van der Waals surface area contributed by atoms with Gasteiger partial charge in [0.15, 0.2) is 0 Å². The summed E-state index contributed by atoms with van der Waals surface area (Å²) in [5.41, 5.74) is 1.43. The molecule has 21 heavy (non-hydrogen) atoms. The molecule has 0 radical (unpaired) electrons. The first-order valence-corrected chi connectivity index (χ1v) is 7.42. The van der Waals surface area contributed by atoms with Crippen molar-refractivity contribution in [3.63, 3.8) is 0 Å². The molecular weight excluding hydrogens is 271 g/mol. The van der Waals surface area contributed by atoms with Crippen molar-refractivity contribution in [2.75, 3.05) is 13.1 Å². The van der Waals surface area contributed by atoms with Crippen molar-refractivity contribution in [2.45, 2.75) is 32.7 Å². The molecule has 0 N–H and O–H groups in total. The molecule has 0 spiro atoms. The zero-order valence-electron chi connectivity index (χ0n) is 12.3. The van der Waals surface area contributed by atoms with E-state index in [4.69, 9.17) is 0 Å². The second-order valence-electron chi connectivity index (χ2n) is 5.83. The highest BCUT2D eigenvalue weighted by Crippen LogP contribution is 2.41. The third-order valence-electron chi connectivity index (χ3n) is 4.59. The number of carbonyl (C=O) groups excluding carboxylic acids is 2. The normalized spacial score (nSPS) is 25.5. The number of fused-ring (bicyclic) bond motifs is 1. The Morgan fingerprint density at radius 3 is 2.76 bits per heavy atom. The van der Waals surface area contributed by atoms with Crippen molar-refractivity contribution >= 4 is 11.9 Å². The number of urea groups is 1. The van der Waals surface area contributed by atoms with E-state index in [2.05, 4.69) is 0 Å². The number of nitrogens with zero attached hydrogens (tertiary/aromatic N) is 2. The smallest absolute Gasteiger partial charge is 0.315 e. The van der Waals surface area contributed by atoms with E-state index in [1.54, 1.807) is 6.07 Å². The van der Waals surface area contributed by atoms with E-state index in [0.29, 0.717) is 18.5 Å². The van der Waals surface area contributed by atoms with Crippen LogP contribution in [0.1, 0.15) is 37.4 Å². The third kappa shape index (κ3) is 2.11. The number of carbonyl (C=O) groups is 2. The number of likely N-dealkylation sites (N-methyl/N-ethyl adjacent to an activating group) is 1. The molecule has 2 aliphatic rings. The van der Waals surface area contributed by atoms with Crippen LogP contribution in [0.3, 0.4) is 0 Å². The fourth-order valence-electron chi connectivity index (χ4n) is 3.43. The van der Waals surface area contributed by atoms with Crippen molar-refractivity contribution in [1.82, 2.24) is 9.80 Å². The molecule has 3 rings (SSSR count). The summed E-state index contributed by atoms with van der Waals surface area (Å²) in [4.78, 5) is 27.6. The molecule has 1 aliphatic carbocycles. The SMILES string of the molecule is CCN1CC(=O)N([C@@H]2c3cccc(F)c3CC[C@H]2C)C1=O. The summed E-state index contributed by atoms with van der Waals surface area (Å²) >= 11 is 0. The van der Waals surface area contributed by atoms with E-state index in [1.165, 1.54) is 15.9 Å². The quantitative estimate of drug-likeness (QED) is 0.786. The lowest BCUT2D eigenvalue weighted by molar-refractivity contribution is -0.127. The Kier molecular flexibility index (Phi) is 3.43. The highest BCUT2D eigenvalue weighted by molar-refractivity contribution is 6.02. The number of hydrogen-bond donors (Lipinski definition) is 0. The summed E-state index contributed by atoms with van der Waals surface area (Å²) in [5, 5.41) is 0. The Morgan fingerprint density at radius 1 is 1.33 bits per heavy atom. The first-order valence-electron chi connectivity index (χ1n) is 7.42. The van der Waals surface area contributed by atoms with E-state index in [1.807, 2.05) is 19.9 Å². The molecule has 5 heteroatoms. The van der Waals surface area contributed by atoms with Crippen molar-refractivity contribution in [1.29, 1.82) is 0 Å². The van der Waals surface area contributed by atoms with Crippen LogP contribution in [0.2, 0.25) is 0 Å². The molecular formula is C16H19FN2O2. The molecule has 1 saturated heterocycles. The number of hydrogen-bond acceptors (Lipinski definition) is 2. The van der Waals surface area contributed by atoms with E-state index in [0.717, 1.165) is 12.0 Å². The lowest BCUT2D eigenvalue weighted by atomic mass is 9.79. The van der Waals surface area contributed by atoms with Gasteiger partial charge in [-0.15, -0.1) is 0 Å². The molecule has 3 amide bonds. The second kappa shape index (κ2) is 5.13. The Bertz CT molecular complexity index is 602. The van der Waals surface area contributed by atoms with Gasteiger partial charge in [0, 0.05) is 6.54 Å². The molecule has 1 aromatic carbocycles. The van der Waals surface area contributed by atoms with Crippen molar-refractivity contribution in [3.05, 3.63) is 35.1 Å². The monoisotopic (exact) mass is 290 g/mol. The minimum atomic E-state index is -0.346. The summed E-state index contributed by atoms with van der Waals surface area (Å²) in [6, 6.07) is 4.34. The highest BCUT2D eigenvalue weighted by Gasteiger charge is 2.44. The minimum Gasteiger partial charge on any atom is -0.315 e. The molecule has 1 heterocycles. The number of rotatable bonds is 2. The highest BCUT2D eigenvalue weighted by atomic mass is 19.1. The van der Waals surface area contributed by atoms with Gasteiger partial charge in [0.25, 0.3) is 5.91 Å². The number of imide groups is 1. The third-order valence-corrected chi connectivity index (χ3v) is 4.59. The van der Waals surface area contributed by atoms with E-state index in [9.17, 15) is 14.0 Å². The van der Waals surface area contributed by atoms with Crippen LogP contribution in [0.4, 0.5) is 9.18 Å². The van der Waals surface area contributed by atoms with Gasteiger partial charge in [-0.3, -0.25) is 9.69 Å². The van der Waals surface area contributed by atoms with Gasteiger partial charge in [-0.1, -0.05) is 19.1 Å². The van der Waals surface area contributed by atoms with E-state index in [-0.39, 0.29) is 36.3 Å². The Balaban J connectivity index is 2.05. The number of amides is 3. The fourth-order valence-corrected chi connectivity index (χ4v) is 3.43. The summed E-state index contributed by atoms with van der Waals surface area (Å²) in [5.74, 6) is -0.282. The number of benzene rings is 1. The van der Waals surface area contributed by atoms with Gasteiger partial charge in [0.05, 0.1) is 6.04 Å². The van der Waals surface area contributed by atoms with Gasteiger partial charge in [-0.05, 0) is 42.9 Å². The van der Waals surface area contributed by atoms with Gasteiger partial charge in [-0.2, -0.15) is 0 Å². The Hall–Kier alpha value is -1.91. The molecule has 2 atom stereocenters. The average Bonchev–Trinajstić information content (AvgIpc) is 2.74.